The van der Waals surface area contributed by atoms with E-state index in [9.17, 15) is 9.90 Å². The van der Waals surface area contributed by atoms with Crippen molar-refractivity contribution in [3.05, 3.63) is 35.4 Å². The van der Waals surface area contributed by atoms with Crippen LogP contribution < -0.4 is 10.2 Å². The highest BCUT2D eigenvalue weighted by Crippen LogP contribution is 2.38. The molecule has 2 aliphatic rings. The van der Waals surface area contributed by atoms with Crippen LogP contribution in [0.4, 0.5) is 5.82 Å². The van der Waals surface area contributed by atoms with Gasteiger partial charge in [0.15, 0.2) is 10.8 Å². The molecule has 1 saturated carbocycles. The van der Waals surface area contributed by atoms with Crippen molar-refractivity contribution in [1.29, 1.82) is 0 Å². The number of aryl methyl sites for hydroxylation is 1. The third kappa shape index (κ3) is 5.02. The molecule has 0 unspecified atom stereocenters. The lowest BCUT2D eigenvalue weighted by Crippen LogP contribution is -2.52. The zero-order chi connectivity index (χ0) is 26.2. The van der Waals surface area contributed by atoms with Gasteiger partial charge in [-0.2, -0.15) is 0 Å². The number of pyridine rings is 1. The van der Waals surface area contributed by atoms with Gasteiger partial charge in [0.1, 0.15) is 17.0 Å². The summed E-state index contributed by atoms with van der Waals surface area (Å²) >= 11 is 8.18. The van der Waals surface area contributed by atoms with Gasteiger partial charge in [-0.15, -0.1) is 0 Å². The summed E-state index contributed by atoms with van der Waals surface area (Å²) in [6.07, 6.45) is 8.46. The number of halogens is 1. The molecule has 0 bridgehead atoms. The Bertz CT molecular complexity index is 1480. The molecule has 4 aromatic heterocycles. The minimum atomic E-state index is -0.258. The largest absolute Gasteiger partial charge is 0.393 e. The van der Waals surface area contributed by atoms with E-state index in [1.807, 2.05) is 6.07 Å². The number of fused-ring (bicyclic) bond motifs is 2. The number of hydrogen-bond acceptors (Lipinski definition) is 9. The molecule has 12 heteroatoms. The zero-order valence-electron chi connectivity index (χ0n) is 21.0. The number of aliphatic hydroxyl groups is 1. The smallest absolute Gasteiger partial charge is 0.223 e. The number of aliphatic hydroxyl groups excluding tert-OH is 1. The maximum absolute atomic E-state index is 12.6. The standard InChI is InChI=1S/C26H29ClN8O2S/c1-2-18-21(27)20-23(32-18)33-26(38-17-9-19-22(30-11-17)29-8-7-28-19)34-24(20)35-12-14(13-35)10-31-25(37)15-3-5-16(36)6-4-15/h7-9,11,14-16,36H,2-6,10,12-13H2,1H3,(H,31,37)(H,32,33,34). The molecule has 0 spiro atoms. The van der Waals surface area contributed by atoms with Gasteiger partial charge in [-0.05, 0) is 49.9 Å². The minimum absolute atomic E-state index is 0.0114. The van der Waals surface area contributed by atoms with Crippen molar-refractivity contribution in [1.82, 2.24) is 35.2 Å². The summed E-state index contributed by atoms with van der Waals surface area (Å²) in [4.78, 5) is 41.7. The maximum Gasteiger partial charge on any atom is 0.223 e. The number of carbonyl (C=O) groups excluding carboxylic acids is 1. The molecule has 1 aliphatic heterocycles. The number of aromatic nitrogens is 6. The van der Waals surface area contributed by atoms with E-state index in [1.165, 1.54) is 11.8 Å². The molecule has 6 rings (SSSR count). The number of carbonyl (C=O) groups is 1. The average molecular weight is 553 g/mol. The molecule has 0 radical (unpaired) electrons. The van der Waals surface area contributed by atoms with Gasteiger partial charge < -0.3 is 20.3 Å². The van der Waals surface area contributed by atoms with Crippen LogP contribution in [0.2, 0.25) is 5.02 Å². The Morgan fingerprint density at radius 3 is 2.76 bits per heavy atom. The lowest BCUT2D eigenvalue weighted by atomic mass is 9.86. The van der Waals surface area contributed by atoms with Gasteiger partial charge in [0.2, 0.25) is 5.91 Å². The molecule has 0 aromatic carbocycles. The third-order valence-corrected chi connectivity index (χ3v) is 8.62. The van der Waals surface area contributed by atoms with Gasteiger partial charge in [0.05, 0.1) is 16.5 Å². The Hall–Kier alpha value is -3.02. The molecule has 38 heavy (non-hydrogen) atoms. The van der Waals surface area contributed by atoms with Gasteiger partial charge >= 0.3 is 0 Å². The minimum Gasteiger partial charge on any atom is -0.393 e. The van der Waals surface area contributed by atoms with Gasteiger partial charge in [-0.3, -0.25) is 9.78 Å². The van der Waals surface area contributed by atoms with Crippen LogP contribution in [-0.2, 0) is 11.2 Å². The second-order valence-electron chi connectivity index (χ2n) is 10.0. The molecule has 1 saturated heterocycles. The second kappa shape index (κ2) is 10.6. The molecule has 5 heterocycles. The Balaban J connectivity index is 1.18. The summed E-state index contributed by atoms with van der Waals surface area (Å²) in [5, 5.41) is 14.9. The number of amides is 1. The van der Waals surface area contributed by atoms with Crippen molar-refractivity contribution in [2.75, 3.05) is 24.5 Å². The number of aromatic amines is 1. The van der Waals surface area contributed by atoms with Crippen LogP contribution in [-0.4, -0.2) is 66.7 Å². The summed E-state index contributed by atoms with van der Waals surface area (Å²) in [6, 6.07) is 1.93. The van der Waals surface area contributed by atoms with E-state index in [4.69, 9.17) is 21.6 Å². The Morgan fingerprint density at radius 1 is 1.18 bits per heavy atom. The zero-order valence-corrected chi connectivity index (χ0v) is 22.6. The number of rotatable bonds is 7. The van der Waals surface area contributed by atoms with Crippen molar-refractivity contribution in [3.8, 4) is 0 Å². The summed E-state index contributed by atoms with van der Waals surface area (Å²) in [7, 11) is 0. The van der Waals surface area contributed by atoms with Crippen molar-refractivity contribution in [2.24, 2.45) is 11.8 Å². The highest BCUT2D eigenvalue weighted by Gasteiger charge is 2.32. The van der Waals surface area contributed by atoms with Crippen LogP contribution in [0, 0.1) is 11.8 Å². The SMILES string of the molecule is CCc1[nH]c2nc(Sc3cnc4nccnc4c3)nc(N3CC(CNC(=O)C4CCC(O)CC4)C3)c2c1Cl. The van der Waals surface area contributed by atoms with Gasteiger partial charge in [-0.1, -0.05) is 18.5 Å². The normalized spacial score (nSPS) is 20.1. The van der Waals surface area contributed by atoms with E-state index < -0.39 is 0 Å². The van der Waals surface area contributed by atoms with Gasteiger partial charge in [0, 0.05) is 60.7 Å². The first-order valence-corrected chi connectivity index (χ1v) is 14.2. The van der Waals surface area contributed by atoms with E-state index in [2.05, 4.69) is 37.1 Å². The van der Waals surface area contributed by atoms with Crippen LogP contribution in [0.3, 0.4) is 0 Å². The fourth-order valence-corrected chi connectivity index (χ4v) is 6.30. The molecular weight excluding hydrogens is 524 g/mol. The number of anilines is 1. The van der Waals surface area contributed by atoms with Crippen LogP contribution in [0.15, 0.2) is 34.7 Å². The van der Waals surface area contributed by atoms with Crippen LogP contribution in [0.25, 0.3) is 22.2 Å². The van der Waals surface area contributed by atoms with Gasteiger partial charge in [-0.25, -0.2) is 19.9 Å². The first-order chi connectivity index (χ1) is 18.5. The highest BCUT2D eigenvalue weighted by atomic mass is 35.5. The Morgan fingerprint density at radius 2 is 1.97 bits per heavy atom. The summed E-state index contributed by atoms with van der Waals surface area (Å²) in [5.41, 5.74) is 2.96. The quantitative estimate of drug-likeness (QED) is 0.293. The first-order valence-electron chi connectivity index (χ1n) is 13.0. The molecule has 0 atom stereocenters. The molecule has 198 valence electrons. The Kier molecular flexibility index (Phi) is 7.07. The van der Waals surface area contributed by atoms with Crippen molar-refractivity contribution in [2.45, 2.75) is 55.2 Å². The predicted octanol–water partition coefficient (Wildman–Crippen LogP) is 3.77. The van der Waals surface area contributed by atoms with Crippen LogP contribution in [0.1, 0.15) is 38.3 Å². The van der Waals surface area contributed by atoms with Crippen LogP contribution >= 0.6 is 23.4 Å². The number of nitrogens with one attached hydrogen (secondary N) is 2. The molecule has 10 nitrogen and oxygen atoms in total. The fourth-order valence-electron chi connectivity index (χ4n) is 5.19. The van der Waals surface area contributed by atoms with Gasteiger partial charge in [0.25, 0.3) is 0 Å². The van der Waals surface area contributed by atoms with Crippen molar-refractivity contribution in [3.63, 3.8) is 0 Å². The number of hydrogen-bond donors (Lipinski definition) is 3. The topological polar surface area (TPSA) is 133 Å². The second-order valence-corrected chi connectivity index (χ2v) is 11.4. The maximum atomic E-state index is 12.6. The lowest BCUT2D eigenvalue weighted by molar-refractivity contribution is -0.126. The molecule has 3 N–H and O–H groups in total. The molecule has 1 amide bonds. The van der Waals surface area contributed by atoms with E-state index in [0.29, 0.717) is 52.3 Å². The summed E-state index contributed by atoms with van der Waals surface area (Å²) < 4.78 is 0. The molecule has 1 aliphatic carbocycles. The average Bonchev–Trinajstić information content (AvgIpc) is 3.23. The Labute approximate surface area is 229 Å². The van der Waals surface area contributed by atoms with Crippen molar-refractivity contribution < 1.29 is 9.90 Å². The predicted molar refractivity (Wildman–Crippen MR) is 146 cm³/mol. The van der Waals surface area contributed by atoms with E-state index in [1.54, 1.807) is 18.6 Å². The van der Waals surface area contributed by atoms with E-state index >= 15 is 0 Å². The van der Waals surface area contributed by atoms with Crippen molar-refractivity contribution >= 4 is 57.3 Å². The van der Waals surface area contributed by atoms with E-state index in [0.717, 1.165) is 54.1 Å². The number of nitrogens with zero attached hydrogens (tertiary/aromatic N) is 6. The fraction of sp³-hybridized carbons (Fsp3) is 0.462. The first kappa shape index (κ1) is 25.3. The number of H-pyrrole nitrogens is 1. The summed E-state index contributed by atoms with van der Waals surface area (Å²) in [6.45, 7) is 4.23. The third-order valence-electron chi connectivity index (χ3n) is 7.37. The highest BCUT2D eigenvalue weighted by molar-refractivity contribution is 7.99. The monoisotopic (exact) mass is 552 g/mol. The lowest BCUT2D eigenvalue weighted by Gasteiger charge is -2.40. The van der Waals surface area contributed by atoms with Crippen LogP contribution in [0.5, 0.6) is 0 Å². The van der Waals surface area contributed by atoms with E-state index in [-0.39, 0.29) is 17.9 Å². The molecular formula is C26H29ClN8O2S. The molecule has 4 aromatic rings. The molecule has 2 fully saturated rings. The summed E-state index contributed by atoms with van der Waals surface area (Å²) in [5.74, 6) is 1.25.